The molecule has 0 aliphatic carbocycles. The number of carbonyl (C=O) groups is 2. The fourth-order valence-corrected chi connectivity index (χ4v) is 5.10. The minimum Gasteiger partial charge on any atom is -0.494 e. The highest BCUT2D eigenvalue weighted by molar-refractivity contribution is 6.02. The third-order valence-corrected chi connectivity index (χ3v) is 7.39. The van der Waals surface area contributed by atoms with E-state index >= 15 is 0 Å². The molecule has 3 aromatic rings. The zero-order valence-corrected chi connectivity index (χ0v) is 27.7. The van der Waals surface area contributed by atoms with Gasteiger partial charge in [-0.3, -0.25) is 9.78 Å². The molecule has 1 aliphatic heterocycles. The molecule has 0 saturated heterocycles. The summed E-state index contributed by atoms with van der Waals surface area (Å²) in [5.74, 6) is 0.272. The van der Waals surface area contributed by atoms with Crippen molar-refractivity contribution in [2.24, 2.45) is 0 Å². The zero-order valence-electron chi connectivity index (χ0n) is 27.7. The fraction of sp³-hybridized carbons (Fsp3) is 0.424. The van der Waals surface area contributed by atoms with Gasteiger partial charge in [-0.2, -0.15) is 4.98 Å². The summed E-state index contributed by atoms with van der Waals surface area (Å²) in [5.41, 5.74) is 4.49. The van der Waals surface area contributed by atoms with Gasteiger partial charge in [-0.25, -0.2) is 9.78 Å². The SMILES string of the molecule is C=CC(=O)Nc1cc(Nc2ncc(C(=O)OC(C)C)c(N3CC(C)(C)c4nc(C)ccc43)n2)c(OC)cc1N(C)CCN(C)C. The van der Waals surface area contributed by atoms with E-state index in [2.05, 4.69) is 40.9 Å². The molecule has 2 N–H and O–H groups in total. The number of rotatable bonds is 12. The number of pyridine rings is 1. The topological polar surface area (TPSA) is 125 Å². The summed E-state index contributed by atoms with van der Waals surface area (Å²) in [6, 6.07) is 7.56. The second kappa shape index (κ2) is 13.5. The maximum absolute atomic E-state index is 13.3. The smallest absolute Gasteiger partial charge is 0.343 e. The number of nitrogens with zero attached hydrogens (tertiary/aromatic N) is 6. The molecule has 12 heteroatoms. The van der Waals surface area contributed by atoms with Crippen LogP contribution in [0.2, 0.25) is 0 Å². The number of nitrogens with one attached hydrogen (secondary N) is 2. The quantitative estimate of drug-likeness (QED) is 0.210. The summed E-state index contributed by atoms with van der Waals surface area (Å²) in [6.07, 6.45) is 2.37. The number of ether oxygens (including phenoxy) is 2. The van der Waals surface area contributed by atoms with E-state index in [1.165, 1.54) is 12.3 Å². The van der Waals surface area contributed by atoms with Gasteiger partial charge in [0, 0.05) is 50.1 Å². The Hall–Kier alpha value is -4.71. The van der Waals surface area contributed by atoms with Crippen molar-refractivity contribution >= 4 is 46.4 Å². The monoisotopic (exact) mass is 616 g/mol. The van der Waals surface area contributed by atoms with Crippen LogP contribution in [0.3, 0.4) is 0 Å². The van der Waals surface area contributed by atoms with E-state index < -0.39 is 5.97 Å². The van der Waals surface area contributed by atoms with Gasteiger partial charge in [0.2, 0.25) is 11.9 Å². The molecule has 0 saturated carbocycles. The third-order valence-electron chi connectivity index (χ3n) is 7.39. The molecule has 0 radical (unpaired) electrons. The molecule has 2 aromatic heterocycles. The maximum Gasteiger partial charge on any atom is 0.343 e. The van der Waals surface area contributed by atoms with E-state index in [0.29, 0.717) is 36.0 Å². The van der Waals surface area contributed by atoms with Crippen LogP contribution in [-0.4, -0.2) is 85.7 Å². The molecule has 1 aromatic carbocycles. The molecule has 3 heterocycles. The van der Waals surface area contributed by atoms with E-state index in [1.807, 2.05) is 56.1 Å². The van der Waals surface area contributed by atoms with E-state index in [-0.39, 0.29) is 28.9 Å². The number of hydrogen-bond donors (Lipinski definition) is 2. The van der Waals surface area contributed by atoms with Gasteiger partial charge in [0.05, 0.1) is 41.7 Å². The van der Waals surface area contributed by atoms with Crippen LogP contribution in [0.5, 0.6) is 5.75 Å². The van der Waals surface area contributed by atoms with E-state index in [1.54, 1.807) is 27.0 Å². The summed E-state index contributed by atoms with van der Waals surface area (Å²) in [7, 11) is 7.53. The summed E-state index contributed by atoms with van der Waals surface area (Å²) in [5, 5.41) is 6.15. The van der Waals surface area contributed by atoms with Crippen LogP contribution < -0.4 is 25.2 Å². The molecule has 0 spiro atoms. The molecule has 12 nitrogen and oxygen atoms in total. The van der Waals surface area contributed by atoms with Gasteiger partial charge in [0.25, 0.3) is 0 Å². The van der Waals surface area contributed by atoms with Crippen molar-refractivity contribution in [3.05, 3.63) is 60.1 Å². The average Bonchev–Trinajstić information content (AvgIpc) is 3.24. The Balaban J connectivity index is 1.80. The number of amides is 1. The number of aryl methyl sites for hydroxylation is 1. The summed E-state index contributed by atoms with van der Waals surface area (Å²) in [6.45, 7) is 15.4. The highest BCUT2D eigenvalue weighted by atomic mass is 16.5. The summed E-state index contributed by atoms with van der Waals surface area (Å²) in [4.78, 5) is 45.9. The number of aromatic nitrogens is 3. The van der Waals surface area contributed by atoms with Crippen LogP contribution in [0.1, 0.15) is 49.4 Å². The lowest BCUT2D eigenvalue weighted by atomic mass is 9.91. The number of methoxy groups -OCH3 is 1. The molecule has 45 heavy (non-hydrogen) atoms. The van der Waals surface area contributed by atoms with Crippen LogP contribution in [0.4, 0.5) is 34.5 Å². The van der Waals surface area contributed by atoms with Crippen molar-refractivity contribution in [3.8, 4) is 5.75 Å². The molecular weight excluding hydrogens is 572 g/mol. The van der Waals surface area contributed by atoms with Crippen LogP contribution in [-0.2, 0) is 14.9 Å². The zero-order chi connectivity index (χ0) is 33.1. The lowest BCUT2D eigenvalue weighted by Gasteiger charge is -2.26. The molecule has 0 bridgehead atoms. The number of benzene rings is 1. The Labute approximate surface area is 265 Å². The van der Waals surface area contributed by atoms with Crippen LogP contribution in [0.15, 0.2) is 43.1 Å². The van der Waals surface area contributed by atoms with Gasteiger partial charge in [-0.1, -0.05) is 20.4 Å². The van der Waals surface area contributed by atoms with E-state index in [4.69, 9.17) is 19.4 Å². The molecule has 240 valence electrons. The van der Waals surface area contributed by atoms with Crippen molar-refractivity contribution in [2.45, 2.75) is 46.1 Å². The molecular formula is C33H44N8O4. The molecule has 4 rings (SSSR count). The Morgan fingerprint density at radius 2 is 1.87 bits per heavy atom. The normalized spacial score (nSPS) is 13.4. The maximum atomic E-state index is 13.3. The molecule has 0 fully saturated rings. The fourth-order valence-electron chi connectivity index (χ4n) is 5.10. The first kappa shape index (κ1) is 33.2. The van der Waals surface area contributed by atoms with Gasteiger partial charge in [0.1, 0.15) is 11.3 Å². The Bertz CT molecular complexity index is 1590. The second-order valence-corrected chi connectivity index (χ2v) is 12.3. The average molecular weight is 617 g/mol. The molecule has 0 unspecified atom stereocenters. The Morgan fingerprint density at radius 1 is 1.13 bits per heavy atom. The first-order chi connectivity index (χ1) is 21.2. The predicted octanol–water partition coefficient (Wildman–Crippen LogP) is 5.05. The minimum atomic E-state index is -0.519. The first-order valence-electron chi connectivity index (χ1n) is 14.9. The third kappa shape index (κ3) is 7.51. The lowest BCUT2D eigenvalue weighted by molar-refractivity contribution is -0.111. The van der Waals surface area contributed by atoms with E-state index in [9.17, 15) is 9.59 Å². The van der Waals surface area contributed by atoms with Crippen molar-refractivity contribution in [1.82, 2.24) is 19.9 Å². The first-order valence-corrected chi connectivity index (χ1v) is 14.9. The predicted molar refractivity (Wildman–Crippen MR) is 179 cm³/mol. The van der Waals surface area contributed by atoms with E-state index in [0.717, 1.165) is 29.3 Å². The highest BCUT2D eigenvalue weighted by Gasteiger charge is 2.39. The summed E-state index contributed by atoms with van der Waals surface area (Å²) < 4.78 is 11.3. The van der Waals surface area contributed by atoms with Crippen LogP contribution in [0, 0.1) is 6.92 Å². The lowest BCUT2D eigenvalue weighted by Crippen LogP contribution is -2.29. The van der Waals surface area contributed by atoms with Crippen molar-refractivity contribution < 1.29 is 19.1 Å². The molecule has 1 aliphatic rings. The van der Waals surface area contributed by atoms with Crippen molar-refractivity contribution in [1.29, 1.82) is 0 Å². The second-order valence-electron chi connectivity index (χ2n) is 12.3. The molecule has 1 amide bonds. The van der Waals surface area contributed by atoms with Gasteiger partial charge in [0.15, 0.2) is 5.82 Å². The van der Waals surface area contributed by atoms with Crippen molar-refractivity contribution in [3.63, 3.8) is 0 Å². The standard InChI is InChI=1S/C33H44N8O4/c1-11-28(42)36-23-16-24(27(44-10)17-26(23)40(9)15-14-39(7)8)37-32-34-18-22(31(43)45-20(2)3)30(38-32)41-19-33(5,6)29-25(41)13-12-21(4)35-29/h11-13,16-18,20H,1,14-15,19H2,2-10H3,(H,36,42)(H,34,37,38). The molecule has 0 atom stereocenters. The van der Waals surface area contributed by atoms with Gasteiger partial charge in [-0.15, -0.1) is 0 Å². The number of likely N-dealkylation sites (N-methyl/N-ethyl adjacent to an activating group) is 2. The van der Waals surface area contributed by atoms with Crippen LogP contribution in [0.25, 0.3) is 0 Å². The van der Waals surface area contributed by atoms with Gasteiger partial charge >= 0.3 is 5.97 Å². The highest BCUT2D eigenvalue weighted by Crippen LogP contribution is 2.44. The number of esters is 1. The largest absolute Gasteiger partial charge is 0.494 e. The van der Waals surface area contributed by atoms with Crippen molar-refractivity contribution in [2.75, 3.05) is 68.3 Å². The van der Waals surface area contributed by atoms with Gasteiger partial charge < -0.3 is 34.8 Å². The van der Waals surface area contributed by atoms with Crippen LogP contribution >= 0.6 is 0 Å². The Kier molecular flexibility index (Phi) is 9.97. The summed E-state index contributed by atoms with van der Waals surface area (Å²) >= 11 is 0. The number of anilines is 6. The number of hydrogen-bond acceptors (Lipinski definition) is 11. The van der Waals surface area contributed by atoms with Gasteiger partial charge in [-0.05, 0) is 59.1 Å². The minimum absolute atomic E-state index is 0.227. The Morgan fingerprint density at radius 3 is 2.51 bits per heavy atom. The number of fused-ring (bicyclic) bond motifs is 1. The number of carbonyl (C=O) groups excluding carboxylic acids is 2.